The van der Waals surface area contributed by atoms with E-state index in [1.807, 2.05) is 61.6 Å². The van der Waals surface area contributed by atoms with Gasteiger partial charge < -0.3 is 10.6 Å². The molecule has 1 heterocycles. The molecule has 6 heteroatoms. The lowest BCUT2D eigenvalue weighted by atomic mass is 9.96. The van der Waals surface area contributed by atoms with Gasteiger partial charge in [0.1, 0.15) is 5.83 Å². The van der Waals surface area contributed by atoms with Crippen molar-refractivity contribution in [1.29, 1.82) is 0 Å². The number of allylic oxidation sites excluding steroid dienone is 7. The molecule has 0 spiro atoms. The number of carbonyl (C=O) groups is 2. The first-order valence-electron chi connectivity index (χ1n) is 12.7. The first-order valence-corrected chi connectivity index (χ1v) is 13.5. The maximum atomic E-state index is 13.4. The first-order chi connectivity index (χ1) is 18.4. The standard InChI is InChI=1S/C22H24FNOS.C10H13NO/c1-5-8-15(6-2)9-14-18-19(7-3)26-21(20(18)22(25)24-4)16-10-12-17(23)13-11-16;1-2-10(11-8-12)9-6-4-3-5-7-9/h5-7,9-10,12,14-15H,1-3,8,11,13H2,4H3,(H,24,25);3-8,10H,2H2,1H3,(H,11,12)/b14-9+;. The van der Waals surface area contributed by atoms with Crippen molar-refractivity contribution in [2.45, 2.75) is 38.6 Å². The molecule has 2 aromatic rings. The van der Waals surface area contributed by atoms with Crippen LogP contribution in [-0.2, 0) is 4.79 Å². The van der Waals surface area contributed by atoms with E-state index >= 15 is 0 Å². The topological polar surface area (TPSA) is 58.2 Å². The van der Waals surface area contributed by atoms with Gasteiger partial charge >= 0.3 is 0 Å². The van der Waals surface area contributed by atoms with Gasteiger partial charge in [-0.25, -0.2) is 4.39 Å². The average Bonchev–Trinajstić information content (AvgIpc) is 3.33. The summed E-state index contributed by atoms with van der Waals surface area (Å²) in [6.45, 7) is 13.6. The Morgan fingerprint density at radius 2 is 1.89 bits per heavy atom. The van der Waals surface area contributed by atoms with E-state index in [2.05, 4.69) is 30.4 Å². The molecular weight excluding hydrogens is 495 g/mol. The van der Waals surface area contributed by atoms with Crippen LogP contribution in [0.1, 0.15) is 69.9 Å². The maximum absolute atomic E-state index is 13.4. The van der Waals surface area contributed by atoms with Crippen LogP contribution in [0.5, 0.6) is 0 Å². The second-order valence-electron chi connectivity index (χ2n) is 8.61. The zero-order chi connectivity index (χ0) is 27.9. The van der Waals surface area contributed by atoms with Crippen LogP contribution in [0, 0.1) is 5.92 Å². The van der Waals surface area contributed by atoms with Crippen LogP contribution in [0.25, 0.3) is 17.7 Å². The second-order valence-corrected chi connectivity index (χ2v) is 9.66. The monoisotopic (exact) mass is 532 g/mol. The highest BCUT2D eigenvalue weighted by atomic mass is 32.1. The van der Waals surface area contributed by atoms with Crippen molar-refractivity contribution < 1.29 is 14.0 Å². The summed E-state index contributed by atoms with van der Waals surface area (Å²) < 4.78 is 13.4. The smallest absolute Gasteiger partial charge is 0.253 e. The Hall–Kier alpha value is -3.77. The van der Waals surface area contributed by atoms with E-state index in [0.29, 0.717) is 18.4 Å². The summed E-state index contributed by atoms with van der Waals surface area (Å²) in [7, 11) is 1.62. The number of benzene rings is 1. The van der Waals surface area contributed by atoms with Gasteiger partial charge in [-0.3, -0.25) is 9.59 Å². The number of halogens is 1. The Bertz CT molecular complexity index is 1210. The van der Waals surface area contributed by atoms with Crippen LogP contribution in [0.2, 0.25) is 0 Å². The Labute approximate surface area is 230 Å². The minimum absolute atomic E-state index is 0.130. The van der Waals surface area contributed by atoms with Gasteiger partial charge in [0, 0.05) is 28.8 Å². The Kier molecular flexibility index (Phi) is 12.9. The third-order valence-corrected chi connectivity index (χ3v) is 7.41. The minimum Gasteiger partial charge on any atom is -0.355 e. The molecule has 2 amide bonds. The lowest BCUT2D eigenvalue weighted by Gasteiger charge is -2.13. The molecule has 1 aliphatic carbocycles. The van der Waals surface area contributed by atoms with Gasteiger partial charge in [0.25, 0.3) is 5.91 Å². The molecule has 0 aliphatic heterocycles. The molecule has 0 radical (unpaired) electrons. The highest BCUT2D eigenvalue weighted by molar-refractivity contribution is 7.14. The molecular formula is C32H37FN2O2S. The van der Waals surface area contributed by atoms with E-state index in [0.717, 1.165) is 45.7 Å². The number of rotatable bonds is 12. The van der Waals surface area contributed by atoms with Crippen molar-refractivity contribution in [3.63, 3.8) is 0 Å². The fraction of sp³-hybridized carbons (Fsp3) is 0.250. The number of thiophene rings is 1. The number of amides is 2. The minimum atomic E-state index is -0.154. The molecule has 1 aromatic carbocycles. The maximum Gasteiger partial charge on any atom is 0.253 e. The quantitative estimate of drug-likeness (QED) is 0.215. The fourth-order valence-electron chi connectivity index (χ4n) is 4.04. The van der Waals surface area contributed by atoms with Crippen LogP contribution >= 0.6 is 11.3 Å². The second kappa shape index (κ2) is 16.2. The molecule has 1 aliphatic rings. The van der Waals surface area contributed by atoms with Crippen LogP contribution in [0.4, 0.5) is 4.39 Å². The van der Waals surface area contributed by atoms with Crippen LogP contribution in [-0.4, -0.2) is 19.4 Å². The van der Waals surface area contributed by atoms with Gasteiger partial charge in [0.2, 0.25) is 6.41 Å². The van der Waals surface area contributed by atoms with Crippen LogP contribution < -0.4 is 10.6 Å². The summed E-state index contributed by atoms with van der Waals surface area (Å²) in [6.07, 6.45) is 16.1. The highest BCUT2D eigenvalue weighted by Gasteiger charge is 2.23. The third kappa shape index (κ3) is 8.38. The summed E-state index contributed by atoms with van der Waals surface area (Å²) in [5.41, 5.74) is 3.59. The lowest BCUT2D eigenvalue weighted by Crippen LogP contribution is -2.19. The highest BCUT2D eigenvalue weighted by Crippen LogP contribution is 2.39. The number of carbonyl (C=O) groups excluding carboxylic acids is 2. The zero-order valence-corrected chi connectivity index (χ0v) is 23.0. The van der Waals surface area contributed by atoms with Gasteiger partial charge in [-0.05, 0) is 42.4 Å². The fourth-order valence-corrected chi connectivity index (χ4v) is 5.23. The van der Waals surface area contributed by atoms with Gasteiger partial charge in [-0.1, -0.05) is 80.3 Å². The average molecular weight is 533 g/mol. The van der Waals surface area contributed by atoms with E-state index < -0.39 is 0 Å². The van der Waals surface area contributed by atoms with Gasteiger partial charge in [-0.15, -0.1) is 24.5 Å². The number of nitrogens with one attached hydrogen (secondary N) is 2. The molecule has 0 saturated carbocycles. The lowest BCUT2D eigenvalue weighted by molar-refractivity contribution is -0.110. The van der Waals surface area contributed by atoms with Crippen molar-refractivity contribution in [3.8, 4) is 0 Å². The number of hydrogen-bond acceptors (Lipinski definition) is 3. The largest absolute Gasteiger partial charge is 0.355 e. The normalized spacial score (nSPS) is 14.2. The summed E-state index contributed by atoms with van der Waals surface area (Å²) in [4.78, 5) is 24.6. The van der Waals surface area contributed by atoms with E-state index in [-0.39, 0.29) is 23.7 Å². The van der Waals surface area contributed by atoms with Crippen LogP contribution in [0.15, 0.2) is 86.3 Å². The predicted molar refractivity (Wildman–Crippen MR) is 160 cm³/mol. The summed E-state index contributed by atoms with van der Waals surface area (Å²) in [5, 5.41) is 5.49. The van der Waals surface area contributed by atoms with Crippen molar-refractivity contribution in [2.75, 3.05) is 7.05 Å². The van der Waals surface area contributed by atoms with E-state index in [1.54, 1.807) is 19.2 Å². The molecule has 0 fully saturated rings. The Morgan fingerprint density at radius 3 is 2.42 bits per heavy atom. The van der Waals surface area contributed by atoms with Crippen molar-refractivity contribution >= 4 is 41.4 Å². The van der Waals surface area contributed by atoms with Crippen molar-refractivity contribution in [1.82, 2.24) is 10.6 Å². The molecule has 0 bridgehead atoms. The Balaban J connectivity index is 0.000000352. The third-order valence-electron chi connectivity index (χ3n) is 6.13. The van der Waals surface area contributed by atoms with Gasteiger partial charge in [-0.2, -0.15) is 0 Å². The first kappa shape index (κ1) is 30.5. The molecule has 4 nitrogen and oxygen atoms in total. The van der Waals surface area contributed by atoms with E-state index in [9.17, 15) is 14.0 Å². The SMILES string of the molecule is C=CCC(C=C)/C=C/c1c(C=C)sc(C2=CC=C(F)CC2)c1C(=O)NC.CCC(NC=O)c1ccccc1. The van der Waals surface area contributed by atoms with Gasteiger partial charge in [0.15, 0.2) is 0 Å². The molecule has 3 rings (SSSR count). The molecule has 2 N–H and O–H groups in total. The molecule has 2 atom stereocenters. The van der Waals surface area contributed by atoms with Crippen LogP contribution in [0.3, 0.4) is 0 Å². The molecule has 1 aromatic heterocycles. The summed E-state index contributed by atoms with van der Waals surface area (Å²) in [6, 6.07) is 10.1. The summed E-state index contributed by atoms with van der Waals surface area (Å²) >= 11 is 1.51. The summed E-state index contributed by atoms with van der Waals surface area (Å²) in [5.74, 6) is -0.134. The predicted octanol–water partition coefficient (Wildman–Crippen LogP) is 8.06. The molecule has 0 saturated heterocycles. The van der Waals surface area contributed by atoms with Gasteiger partial charge in [0.05, 0.1) is 11.6 Å². The molecule has 2 unspecified atom stereocenters. The number of hydrogen-bond donors (Lipinski definition) is 2. The van der Waals surface area contributed by atoms with Crippen molar-refractivity contribution in [3.05, 3.63) is 113 Å². The molecule has 38 heavy (non-hydrogen) atoms. The molecule has 200 valence electrons. The zero-order valence-electron chi connectivity index (χ0n) is 22.2. The van der Waals surface area contributed by atoms with E-state index in [1.165, 1.54) is 17.4 Å². The van der Waals surface area contributed by atoms with E-state index in [4.69, 9.17) is 0 Å². The Morgan fingerprint density at radius 1 is 1.16 bits per heavy atom. The van der Waals surface area contributed by atoms with Crippen molar-refractivity contribution in [2.24, 2.45) is 5.92 Å².